The van der Waals surface area contributed by atoms with E-state index >= 15 is 0 Å². The smallest absolute Gasteiger partial charge is 0.0955 e. The summed E-state index contributed by atoms with van der Waals surface area (Å²) in [6.45, 7) is 10.0. The molecule has 92 valence electrons. The van der Waals surface area contributed by atoms with Gasteiger partial charge in [-0.3, -0.25) is 0 Å². The molecule has 0 fully saturated rings. The van der Waals surface area contributed by atoms with Crippen LogP contribution in [0.15, 0.2) is 6.33 Å². The lowest BCUT2D eigenvalue weighted by Crippen LogP contribution is -2.32. The van der Waals surface area contributed by atoms with Crippen molar-refractivity contribution >= 4 is 0 Å². The van der Waals surface area contributed by atoms with Gasteiger partial charge in [0, 0.05) is 25.4 Å². The molecular formula is C12H23N3O. The molecule has 0 aliphatic rings. The standard InChI is InChI=1S/C12H23N3O/c1-9(2)13-6-12(7-16-5)15-8-14-10(3)11(15)4/h8-9,12-13H,6-7H2,1-5H3. The van der Waals surface area contributed by atoms with Crippen LogP contribution in [0.4, 0.5) is 0 Å². The van der Waals surface area contributed by atoms with Gasteiger partial charge in [0.05, 0.1) is 24.7 Å². The summed E-state index contributed by atoms with van der Waals surface area (Å²) in [5.41, 5.74) is 2.30. The third-order valence-corrected chi connectivity index (χ3v) is 2.80. The topological polar surface area (TPSA) is 39.1 Å². The first-order chi connectivity index (χ1) is 7.56. The Morgan fingerprint density at radius 1 is 1.44 bits per heavy atom. The Kier molecular flexibility index (Phi) is 4.96. The Hall–Kier alpha value is -0.870. The van der Waals surface area contributed by atoms with Gasteiger partial charge in [0.2, 0.25) is 0 Å². The van der Waals surface area contributed by atoms with Crippen LogP contribution in [-0.4, -0.2) is 35.9 Å². The fraction of sp³-hybridized carbons (Fsp3) is 0.750. The second kappa shape index (κ2) is 6.01. The monoisotopic (exact) mass is 225 g/mol. The average Bonchev–Trinajstić information content (AvgIpc) is 2.55. The Balaban J connectivity index is 2.72. The molecule has 1 heterocycles. The molecule has 0 saturated heterocycles. The Labute approximate surface area is 98.0 Å². The van der Waals surface area contributed by atoms with E-state index in [2.05, 4.69) is 35.6 Å². The Bertz CT molecular complexity index is 320. The van der Waals surface area contributed by atoms with Crippen molar-refractivity contribution in [1.82, 2.24) is 14.9 Å². The van der Waals surface area contributed by atoms with Crippen LogP contribution in [-0.2, 0) is 4.74 Å². The highest BCUT2D eigenvalue weighted by atomic mass is 16.5. The molecule has 0 amide bonds. The van der Waals surface area contributed by atoms with Crippen LogP contribution in [0.25, 0.3) is 0 Å². The highest BCUT2D eigenvalue weighted by Gasteiger charge is 2.14. The van der Waals surface area contributed by atoms with Crippen LogP contribution in [0, 0.1) is 13.8 Å². The van der Waals surface area contributed by atoms with Crippen molar-refractivity contribution in [1.29, 1.82) is 0 Å². The molecule has 1 N–H and O–H groups in total. The molecule has 0 aromatic carbocycles. The second-order valence-electron chi connectivity index (χ2n) is 4.49. The van der Waals surface area contributed by atoms with Crippen LogP contribution >= 0.6 is 0 Å². The number of nitrogens with zero attached hydrogens (tertiary/aromatic N) is 2. The molecule has 4 nitrogen and oxygen atoms in total. The van der Waals surface area contributed by atoms with E-state index in [0.717, 1.165) is 12.2 Å². The lowest BCUT2D eigenvalue weighted by atomic mass is 10.2. The summed E-state index contributed by atoms with van der Waals surface area (Å²) in [5, 5.41) is 3.44. The van der Waals surface area contributed by atoms with E-state index in [1.165, 1.54) is 5.69 Å². The number of imidazole rings is 1. The van der Waals surface area contributed by atoms with Gasteiger partial charge < -0.3 is 14.6 Å². The summed E-state index contributed by atoms with van der Waals surface area (Å²) < 4.78 is 7.46. The van der Waals surface area contributed by atoms with Gasteiger partial charge in [-0.2, -0.15) is 0 Å². The highest BCUT2D eigenvalue weighted by molar-refractivity contribution is 5.10. The molecule has 1 atom stereocenters. The molecule has 0 saturated carbocycles. The Morgan fingerprint density at radius 3 is 2.56 bits per heavy atom. The molecule has 1 rings (SSSR count). The summed E-state index contributed by atoms with van der Waals surface area (Å²) in [6, 6.07) is 0.804. The van der Waals surface area contributed by atoms with Crippen molar-refractivity contribution in [2.75, 3.05) is 20.3 Å². The summed E-state index contributed by atoms with van der Waals surface area (Å²) >= 11 is 0. The van der Waals surface area contributed by atoms with Gasteiger partial charge in [0.1, 0.15) is 0 Å². The number of aryl methyl sites for hydroxylation is 1. The molecule has 0 spiro atoms. The predicted octanol–water partition coefficient (Wildman–Crippen LogP) is 1.69. The zero-order chi connectivity index (χ0) is 12.1. The maximum Gasteiger partial charge on any atom is 0.0955 e. The summed E-state index contributed by atoms with van der Waals surface area (Å²) in [4.78, 5) is 4.33. The molecule has 4 heteroatoms. The minimum atomic E-state index is 0.314. The van der Waals surface area contributed by atoms with Crippen molar-refractivity contribution in [3.05, 3.63) is 17.7 Å². The van der Waals surface area contributed by atoms with Crippen molar-refractivity contribution in [2.24, 2.45) is 0 Å². The predicted molar refractivity (Wildman–Crippen MR) is 65.8 cm³/mol. The van der Waals surface area contributed by atoms with Crippen molar-refractivity contribution in [3.63, 3.8) is 0 Å². The van der Waals surface area contributed by atoms with Gasteiger partial charge >= 0.3 is 0 Å². The van der Waals surface area contributed by atoms with Gasteiger partial charge in [-0.05, 0) is 13.8 Å². The lowest BCUT2D eigenvalue weighted by Gasteiger charge is -2.21. The molecule has 0 aliphatic carbocycles. The van der Waals surface area contributed by atoms with E-state index in [1.807, 2.05) is 13.3 Å². The normalized spacial score (nSPS) is 13.4. The van der Waals surface area contributed by atoms with Gasteiger partial charge in [0.25, 0.3) is 0 Å². The van der Waals surface area contributed by atoms with E-state index in [0.29, 0.717) is 18.7 Å². The zero-order valence-corrected chi connectivity index (χ0v) is 10.9. The quantitative estimate of drug-likeness (QED) is 0.800. The molecule has 16 heavy (non-hydrogen) atoms. The molecule has 0 aliphatic heterocycles. The van der Waals surface area contributed by atoms with E-state index in [1.54, 1.807) is 7.11 Å². The third kappa shape index (κ3) is 3.32. The van der Waals surface area contributed by atoms with E-state index < -0.39 is 0 Å². The number of nitrogens with one attached hydrogen (secondary N) is 1. The van der Waals surface area contributed by atoms with E-state index in [9.17, 15) is 0 Å². The number of rotatable bonds is 6. The maximum absolute atomic E-state index is 5.27. The minimum Gasteiger partial charge on any atom is -0.382 e. The zero-order valence-electron chi connectivity index (χ0n) is 10.9. The minimum absolute atomic E-state index is 0.314. The van der Waals surface area contributed by atoms with Crippen molar-refractivity contribution < 1.29 is 4.74 Å². The number of hydrogen-bond donors (Lipinski definition) is 1. The van der Waals surface area contributed by atoms with Crippen molar-refractivity contribution in [3.8, 4) is 0 Å². The van der Waals surface area contributed by atoms with Crippen LogP contribution in [0.1, 0.15) is 31.3 Å². The van der Waals surface area contributed by atoms with E-state index in [-0.39, 0.29) is 0 Å². The first-order valence-corrected chi connectivity index (χ1v) is 5.78. The van der Waals surface area contributed by atoms with Gasteiger partial charge in [-0.25, -0.2) is 4.98 Å². The maximum atomic E-state index is 5.27. The second-order valence-corrected chi connectivity index (χ2v) is 4.49. The first-order valence-electron chi connectivity index (χ1n) is 5.78. The number of ether oxygens (including phenoxy) is 1. The van der Waals surface area contributed by atoms with Crippen LogP contribution in [0.5, 0.6) is 0 Å². The van der Waals surface area contributed by atoms with Gasteiger partial charge in [-0.1, -0.05) is 13.8 Å². The summed E-state index contributed by atoms with van der Waals surface area (Å²) in [7, 11) is 1.74. The van der Waals surface area contributed by atoms with Crippen molar-refractivity contribution in [2.45, 2.75) is 39.8 Å². The first kappa shape index (κ1) is 13.2. The molecule has 0 bridgehead atoms. The summed E-state index contributed by atoms with van der Waals surface area (Å²) in [6.07, 6.45) is 1.90. The highest BCUT2D eigenvalue weighted by Crippen LogP contribution is 2.13. The van der Waals surface area contributed by atoms with Crippen LogP contribution in [0.3, 0.4) is 0 Å². The van der Waals surface area contributed by atoms with Crippen LogP contribution in [0.2, 0.25) is 0 Å². The number of methoxy groups -OCH3 is 1. The Morgan fingerprint density at radius 2 is 2.12 bits per heavy atom. The SMILES string of the molecule is COCC(CNC(C)C)n1cnc(C)c1C. The van der Waals surface area contributed by atoms with Crippen LogP contribution < -0.4 is 5.32 Å². The fourth-order valence-corrected chi connectivity index (χ4v) is 1.69. The fourth-order valence-electron chi connectivity index (χ4n) is 1.69. The van der Waals surface area contributed by atoms with Gasteiger partial charge in [-0.15, -0.1) is 0 Å². The molecule has 1 unspecified atom stereocenters. The van der Waals surface area contributed by atoms with E-state index in [4.69, 9.17) is 4.74 Å². The molecule has 0 radical (unpaired) electrons. The van der Waals surface area contributed by atoms with Gasteiger partial charge in [0.15, 0.2) is 0 Å². The number of hydrogen-bond acceptors (Lipinski definition) is 3. The average molecular weight is 225 g/mol. The number of aromatic nitrogens is 2. The molecule has 1 aromatic heterocycles. The largest absolute Gasteiger partial charge is 0.382 e. The third-order valence-electron chi connectivity index (χ3n) is 2.80. The lowest BCUT2D eigenvalue weighted by molar-refractivity contribution is 0.151. The molecule has 1 aromatic rings. The summed E-state index contributed by atoms with van der Waals surface area (Å²) in [5.74, 6) is 0. The molecular weight excluding hydrogens is 202 g/mol.